The van der Waals surface area contributed by atoms with E-state index in [-0.39, 0.29) is 33.9 Å². The summed E-state index contributed by atoms with van der Waals surface area (Å²) >= 11 is 0. The molecule has 3 aliphatic rings. The van der Waals surface area contributed by atoms with Crippen LogP contribution in [0.3, 0.4) is 0 Å². The number of carbonyl (C=O) groups excluding carboxylic acids is 1. The van der Waals surface area contributed by atoms with Gasteiger partial charge in [-0.1, -0.05) is 0 Å². The summed E-state index contributed by atoms with van der Waals surface area (Å²) < 4.78 is 14.6. The third kappa shape index (κ3) is 4.39. The lowest BCUT2D eigenvalue weighted by Gasteiger charge is -2.46. The molecule has 1 aliphatic carbocycles. The highest BCUT2D eigenvalue weighted by atomic mass is 19.1. The van der Waals surface area contributed by atoms with Crippen LogP contribution in [0.1, 0.15) is 57.9 Å². The van der Waals surface area contributed by atoms with Crippen LogP contribution in [0.25, 0.3) is 17.3 Å². The molecule has 3 fully saturated rings. The molecular formula is C26H32FN5O2. The van der Waals surface area contributed by atoms with Crippen LogP contribution in [-0.4, -0.2) is 51.4 Å². The number of fused-ring (bicyclic) bond motifs is 2. The number of phenolic OH excluding ortho intramolecular Hbond substituents is 1. The maximum absolute atomic E-state index is 14.6. The van der Waals surface area contributed by atoms with Crippen molar-refractivity contribution >= 4 is 17.8 Å². The highest BCUT2D eigenvalue weighted by molar-refractivity contribution is 5.91. The largest absolute Gasteiger partial charge is 0.507 e. The molecule has 0 spiro atoms. The number of piperidine rings is 1. The molecule has 5 rings (SSSR count). The summed E-state index contributed by atoms with van der Waals surface area (Å²) in [6, 6.07) is 7.16. The standard InChI is InChI=1S/C26H32FN5O2/c1-25-10-11-26(2,31-25)15-18(14-25)32(17-5-6-17)23-8-7-21(29-30-23)19-13-20(27)16(12-22(19)33)4-9-24(34)28-3/h4,7-9,12-13,17-18,31,33H,5-6,10-11,14-15H2,1-3H3,(H,28,34)/b9-4+/t18-,25+,26-. The molecule has 3 N–H and O–H groups in total. The summed E-state index contributed by atoms with van der Waals surface area (Å²) in [5.41, 5.74) is 1.12. The van der Waals surface area contributed by atoms with E-state index in [1.165, 1.54) is 44.2 Å². The molecule has 2 aliphatic heterocycles. The number of aromatic hydroxyl groups is 1. The predicted octanol–water partition coefficient (Wildman–Crippen LogP) is 3.78. The normalized spacial score (nSPS) is 28.3. The van der Waals surface area contributed by atoms with Crippen molar-refractivity contribution in [2.24, 2.45) is 0 Å². The fourth-order valence-electron chi connectivity index (χ4n) is 5.81. The van der Waals surface area contributed by atoms with Crippen molar-refractivity contribution in [2.75, 3.05) is 11.9 Å². The minimum Gasteiger partial charge on any atom is -0.507 e. The summed E-state index contributed by atoms with van der Waals surface area (Å²) in [6.45, 7) is 4.66. The van der Waals surface area contributed by atoms with E-state index in [0.29, 0.717) is 17.8 Å². The molecule has 2 bridgehead atoms. The van der Waals surface area contributed by atoms with Crippen molar-refractivity contribution < 1.29 is 14.3 Å². The first-order valence-electron chi connectivity index (χ1n) is 12.0. The van der Waals surface area contributed by atoms with E-state index in [2.05, 4.69) is 39.6 Å². The van der Waals surface area contributed by atoms with Gasteiger partial charge in [0.15, 0.2) is 5.82 Å². The summed E-state index contributed by atoms with van der Waals surface area (Å²) in [6.07, 6.45) is 9.43. The Morgan fingerprint density at radius 1 is 1.18 bits per heavy atom. The first-order valence-corrected chi connectivity index (χ1v) is 12.0. The quantitative estimate of drug-likeness (QED) is 0.563. The number of amides is 1. The van der Waals surface area contributed by atoms with Gasteiger partial charge in [0, 0.05) is 47.4 Å². The Balaban J connectivity index is 1.39. The van der Waals surface area contributed by atoms with E-state index >= 15 is 0 Å². The van der Waals surface area contributed by atoms with Gasteiger partial charge >= 0.3 is 0 Å². The molecule has 1 saturated carbocycles. The molecule has 0 radical (unpaired) electrons. The fourth-order valence-corrected chi connectivity index (χ4v) is 5.81. The van der Waals surface area contributed by atoms with Gasteiger partial charge in [0.25, 0.3) is 0 Å². The number of aromatic nitrogens is 2. The van der Waals surface area contributed by atoms with Gasteiger partial charge in [-0.2, -0.15) is 0 Å². The zero-order valence-electron chi connectivity index (χ0n) is 19.9. The zero-order chi connectivity index (χ0) is 24.1. The number of phenols is 1. The average molecular weight is 466 g/mol. The number of halogens is 1. The minimum absolute atomic E-state index is 0.116. The van der Waals surface area contributed by atoms with Gasteiger partial charge in [-0.3, -0.25) is 4.79 Å². The van der Waals surface area contributed by atoms with E-state index in [1.807, 2.05) is 6.07 Å². The Morgan fingerprint density at radius 3 is 2.47 bits per heavy atom. The summed E-state index contributed by atoms with van der Waals surface area (Å²) in [4.78, 5) is 13.8. The van der Waals surface area contributed by atoms with Crippen molar-refractivity contribution in [3.63, 3.8) is 0 Å². The van der Waals surface area contributed by atoms with Crippen molar-refractivity contribution in [1.82, 2.24) is 20.8 Å². The number of anilines is 1. The van der Waals surface area contributed by atoms with Crippen LogP contribution in [0.2, 0.25) is 0 Å². The first-order chi connectivity index (χ1) is 16.2. The minimum atomic E-state index is -0.551. The van der Waals surface area contributed by atoms with E-state index in [1.54, 1.807) is 6.07 Å². The molecule has 0 unspecified atom stereocenters. The van der Waals surface area contributed by atoms with Crippen LogP contribution < -0.4 is 15.5 Å². The number of rotatable bonds is 6. The van der Waals surface area contributed by atoms with Crippen molar-refractivity contribution in [3.05, 3.63) is 41.7 Å². The van der Waals surface area contributed by atoms with Gasteiger partial charge in [-0.05, 0) is 82.7 Å². The third-order valence-electron chi connectivity index (χ3n) is 7.50. The third-order valence-corrected chi connectivity index (χ3v) is 7.50. The smallest absolute Gasteiger partial charge is 0.243 e. The zero-order valence-corrected chi connectivity index (χ0v) is 19.9. The van der Waals surface area contributed by atoms with Gasteiger partial charge < -0.3 is 20.6 Å². The fraction of sp³-hybridized carbons (Fsp3) is 0.500. The molecule has 1 aromatic heterocycles. The van der Waals surface area contributed by atoms with Crippen LogP contribution in [0.4, 0.5) is 10.2 Å². The van der Waals surface area contributed by atoms with Crippen LogP contribution in [0.5, 0.6) is 5.75 Å². The number of carbonyl (C=O) groups is 1. The van der Waals surface area contributed by atoms with E-state index in [4.69, 9.17) is 0 Å². The van der Waals surface area contributed by atoms with Gasteiger partial charge in [-0.25, -0.2) is 4.39 Å². The van der Waals surface area contributed by atoms with Crippen molar-refractivity contribution in [2.45, 2.75) is 75.5 Å². The average Bonchev–Trinajstić information content (AvgIpc) is 3.60. The maximum atomic E-state index is 14.6. The number of benzene rings is 1. The van der Waals surface area contributed by atoms with Gasteiger partial charge in [-0.15, -0.1) is 10.2 Å². The van der Waals surface area contributed by atoms with E-state index in [0.717, 1.165) is 31.5 Å². The topological polar surface area (TPSA) is 90.4 Å². The second-order valence-corrected chi connectivity index (χ2v) is 10.6. The van der Waals surface area contributed by atoms with Crippen molar-refractivity contribution in [3.8, 4) is 17.0 Å². The Labute approximate surface area is 199 Å². The molecule has 8 heteroatoms. The van der Waals surface area contributed by atoms with E-state index in [9.17, 15) is 14.3 Å². The van der Waals surface area contributed by atoms with E-state index < -0.39 is 5.82 Å². The number of hydrogen-bond donors (Lipinski definition) is 3. The molecule has 3 atom stereocenters. The summed E-state index contributed by atoms with van der Waals surface area (Å²) in [5, 5.41) is 25.7. The second kappa shape index (κ2) is 8.34. The number of nitrogens with one attached hydrogen (secondary N) is 2. The summed E-state index contributed by atoms with van der Waals surface area (Å²) in [7, 11) is 1.49. The van der Waals surface area contributed by atoms with Crippen LogP contribution in [0, 0.1) is 5.82 Å². The van der Waals surface area contributed by atoms with Gasteiger partial charge in [0.1, 0.15) is 11.6 Å². The molecule has 1 amide bonds. The van der Waals surface area contributed by atoms with Crippen molar-refractivity contribution in [1.29, 1.82) is 0 Å². The Morgan fingerprint density at radius 2 is 1.88 bits per heavy atom. The predicted molar refractivity (Wildman–Crippen MR) is 130 cm³/mol. The SMILES string of the molecule is CNC(=O)/C=C/c1cc(O)c(-c2ccc(N(C3CC3)[C@@H]3C[C@]4(C)CC[C@](C)(C3)N4)nn2)cc1F. The first kappa shape index (κ1) is 22.8. The Kier molecular flexibility index (Phi) is 5.59. The number of hydrogen-bond acceptors (Lipinski definition) is 6. The molecule has 34 heavy (non-hydrogen) atoms. The monoisotopic (exact) mass is 465 g/mol. The highest BCUT2D eigenvalue weighted by Crippen LogP contribution is 2.46. The molecular weight excluding hydrogens is 433 g/mol. The molecule has 1 aromatic carbocycles. The molecule has 3 heterocycles. The molecule has 180 valence electrons. The van der Waals surface area contributed by atoms with Gasteiger partial charge in [0.05, 0.1) is 5.69 Å². The number of nitrogens with zero attached hydrogens (tertiary/aromatic N) is 3. The molecule has 7 nitrogen and oxygen atoms in total. The Bertz CT molecular complexity index is 1110. The lowest BCUT2D eigenvalue weighted by Crippen LogP contribution is -2.59. The number of likely N-dealkylation sites (N-methyl/N-ethyl adjacent to an activating group) is 1. The molecule has 2 aromatic rings. The lowest BCUT2D eigenvalue weighted by molar-refractivity contribution is -0.115. The van der Waals surface area contributed by atoms with Crippen LogP contribution in [-0.2, 0) is 4.79 Å². The Hall–Kier alpha value is -3.00. The van der Waals surface area contributed by atoms with Gasteiger partial charge in [0.2, 0.25) is 5.91 Å². The van der Waals surface area contributed by atoms with Crippen LogP contribution >= 0.6 is 0 Å². The maximum Gasteiger partial charge on any atom is 0.243 e. The lowest BCUT2D eigenvalue weighted by atomic mass is 9.84. The highest BCUT2D eigenvalue weighted by Gasteiger charge is 2.51. The molecule has 2 saturated heterocycles. The van der Waals surface area contributed by atoms with Crippen LogP contribution in [0.15, 0.2) is 30.3 Å². The summed E-state index contributed by atoms with van der Waals surface area (Å²) in [5.74, 6) is -0.177. The second-order valence-electron chi connectivity index (χ2n) is 10.6.